The van der Waals surface area contributed by atoms with Crippen molar-refractivity contribution in [2.75, 3.05) is 13.6 Å². The number of rotatable bonds is 6. The summed E-state index contributed by atoms with van der Waals surface area (Å²) in [6.07, 6.45) is 0. The Bertz CT molecular complexity index is 590. The first kappa shape index (κ1) is 16.5. The zero-order valence-electron chi connectivity index (χ0n) is 13.5. The summed E-state index contributed by atoms with van der Waals surface area (Å²) in [4.78, 5) is 0.332. The zero-order valence-corrected chi connectivity index (χ0v) is 14.3. The largest absolute Gasteiger partial charge is 0.316 e. The second-order valence-corrected chi connectivity index (χ2v) is 8.79. The van der Waals surface area contributed by atoms with Gasteiger partial charge in [0.25, 0.3) is 0 Å². The Kier molecular flexibility index (Phi) is 4.21. The fourth-order valence-electron chi connectivity index (χ4n) is 3.11. The molecule has 0 aromatic heterocycles. The molecule has 0 atom stereocenters. The van der Waals surface area contributed by atoms with E-state index in [0.717, 1.165) is 12.1 Å². The third kappa shape index (κ3) is 3.00. The fourth-order valence-corrected chi connectivity index (χ4v) is 4.16. The van der Waals surface area contributed by atoms with Gasteiger partial charge in [-0.2, -0.15) is 0 Å². The number of sulfonamides is 1. The lowest BCUT2D eigenvalue weighted by Gasteiger charge is -2.08. The van der Waals surface area contributed by atoms with Crippen LogP contribution in [0.5, 0.6) is 0 Å². The smallest absolute Gasteiger partial charge is 0.240 e. The number of nitrogens with one attached hydrogen (secondary N) is 2. The Morgan fingerprint density at radius 3 is 2.00 bits per heavy atom. The number of benzene rings is 1. The predicted octanol–water partition coefficient (Wildman–Crippen LogP) is 2.37. The van der Waals surface area contributed by atoms with E-state index in [1.165, 1.54) is 0 Å². The molecule has 118 valence electrons. The van der Waals surface area contributed by atoms with Crippen molar-refractivity contribution in [2.45, 2.75) is 39.1 Å². The van der Waals surface area contributed by atoms with Crippen molar-refractivity contribution >= 4 is 10.0 Å². The van der Waals surface area contributed by atoms with Crippen molar-refractivity contribution in [3.8, 4) is 0 Å². The van der Waals surface area contributed by atoms with Crippen LogP contribution in [0.15, 0.2) is 29.2 Å². The maximum absolute atomic E-state index is 12.3. The lowest BCUT2D eigenvalue weighted by molar-refractivity contribution is 0.457. The summed E-state index contributed by atoms with van der Waals surface area (Å²) in [5.41, 5.74) is 1.44. The third-order valence-corrected chi connectivity index (χ3v) is 6.85. The molecule has 0 saturated heterocycles. The van der Waals surface area contributed by atoms with Gasteiger partial charge in [0.2, 0.25) is 10.0 Å². The second-order valence-electron chi connectivity index (χ2n) is 7.02. The van der Waals surface area contributed by atoms with Crippen LogP contribution in [0.3, 0.4) is 0 Å². The zero-order chi connectivity index (χ0) is 15.9. The molecule has 1 aromatic carbocycles. The van der Waals surface area contributed by atoms with Crippen molar-refractivity contribution in [1.29, 1.82) is 0 Å². The molecule has 1 aromatic rings. The molecule has 1 fully saturated rings. The van der Waals surface area contributed by atoms with Crippen LogP contribution in [0.25, 0.3) is 0 Å². The van der Waals surface area contributed by atoms with Crippen LogP contribution in [0.4, 0.5) is 0 Å². The van der Waals surface area contributed by atoms with E-state index < -0.39 is 10.0 Å². The lowest BCUT2D eigenvalue weighted by atomic mass is 10.0. The average molecular weight is 310 g/mol. The van der Waals surface area contributed by atoms with E-state index in [4.69, 9.17) is 0 Å². The highest BCUT2D eigenvalue weighted by Gasteiger charge is 2.64. The molecule has 4 nitrogen and oxygen atoms in total. The van der Waals surface area contributed by atoms with Crippen LogP contribution in [0.2, 0.25) is 0 Å². The molecule has 5 heteroatoms. The number of hydrogen-bond acceptors (Lipinski definition) is 3. The fraction of sp³-hybridized carbons (Fsp3) is 0.625. The molecule has 0 amide bonds. The summed E-state index contributed by atoms with van der Waals surface area (Å²) in [5.74, 6) is 0.378. The molecule has 1 aliphatic rings. The van der Waals surface area contributed by atoms with Crippen molar-refractivity contribution in [3.05, 3.63) is 29.8 Å². The topological polar surface area (TPSA) is 58.2 Å². The van der Waals surface area contributed by atoms with E-state index in [1.807, 2.05) is 19.2 Å². The molecule has 1 aliphatic carbocycles. The highest BCUT2D eigenvalue weighted by Crippen LogP contribution is 2.67. The van der Waals surface area contributed by atoms with E-state index in [0.29, 0.717) is 17.4 Å². The van der Waals surface area contributed by atoms with Gasteiger partial charge in [-0.05, 0) is 41.5 Å². The molecular weight excluding hydrogens is 284 g/mol. The first-order valence-corrected chi connectivity index (χ1v) is 8.84. The molecular formula is C16H26N2O2S. The van der Waals surface area contributed by atoms with Crippen molar-refractivity contribution < 1.29 is 8.42 Å². The quantitative estimate of drug-likeness (QED) is 0.848. The van der Waals surface area contributed by atoms with Gasteiger partial charge in [-0.3, -0.25) is 0 Å². The molecule has 0 radical (unpaired) electrons. The Morgan fingerprint density at radius 1 is 1.05 bits per heavy atom. The van der Waals surface area contributed by atoms with Crippen molar-refractivity contribution in [1.82, 2.24) is 10.0 Å². The minimum atomic E-state index is -3.42. The Hall–Kier alpha value is -0.910. The molecule has 2 rings (SSSR count). The molecule has 0 spiro atoms. The lowest BCUT2D eigenvalue weighted by Crippen LogP contribution is -2.27. The number of hydrogen-bond donors (Lipinski definition) is 2. The van der Waals surface area contributed by atoms with Gasteiger partial charge in [0.05, 0.1) is 4.90 Å². The van der Waals surface area contributed by atoms with Crippen LogP contribution in [-0.2, 0) is 16.6 Å². The first-order chi connectivity index (χ1) is 9.63. The summed E-state index contributed by atoms with van der Waals surface area (Å²) in [7, 11) is -1.55. The van der Waals surface area contributed by atoms with Crippen molar-refractivity contribution in [2.24, 2.45) is 16.7 Å². The van der Waals surface area contributed by atoms with E-state index in [2.05, 4.69) is 37.7 Å². The van der Waals surface area contributed by atoms with Gasteiger partial charge < -0.3 is 5.32 Å². The SMILES string of the molecule is CNCc1ccc(S(=O)(=O)NCC2C(C)(C)C2(C)C)cc1. The Balaban J connectivity index is 2.03. The van der Waals surface area contributed by atoms with Crippen LogP contribution in [-0.4, -0.2) is 22.0 Å². The van der Waals surface area contributed by atoms with Gasteiger partial charge in [-0.25, -0.2) is 13.1 Å². The van der Waals surface area contributed by atoms with Crippen molar-refractivity contribution in [3.63, 3.8) is 0 Å². The maximum atomic E-state index is 12.3. The molecule has 21 heavy (non-hydrogen) atoms. The average Bonchev–Trinajstić information content (AvgIpc) is 2.78. The van der Waals surface area contributed by atoms with Gasteiger partial charge in [0.1, 0.15) is 0 Å². The minimum absolute atomic E-state index is 0.187. The van der Waals surface area contributed by atoms with E-state index in [1.54, 1.807) is 12.1 Å². The van der Waals surface area contributed by atoms with E-state index in [-0.39, 0.29) is 10.8 Å². The predicted molar refractivity (Wildman–Crippen MR) is 85.4 cm³/mol. The van der Waals surface area contributed by atoms with Crippen LogP contribution in [0.1, 0.15) is 33.3 Å². The Labute approximate surface area is 128 Å². The van der Waals surface area contributed by atoms with Crippen LogP contribution < -0.4 is 10.0 Å². The minimum Gasteiger partial charge on any atom is -0.316 e. The molecule has 1 saturated carbocycles. The van der Waals surface area contributed by atoms with Gasteiger partial charge in [-0.1, -0.05) is 39.8 Å². The maximum Gasteiger partial charge on any atom is 0.240 e. The van der Waals surface area contributed by atoms with Crippen LogP contribution >= 0.6 is 0 Å². The van der Waals surface area contributed by atoms with Gasteiger partial charge in [0, 0.05) is 13.1 Å². The normalized spacial score (nSPS) is 20.4. The summed E-state index contributed by atoms with van der Waals surface area (Å²) in [5, 5.41) is 3.04. The van der Waals surface area contributed by atoms with E-state index in [9.17, 15) is 8.42 Å². The highest BCUT2D eigenvalue weighted by atomic mass is 32.2. The monoisotopic (exact) mass is 310 g/mol. The van der Waals surface area contributed by atoms with Gasteiger partial charge in [-0.15, -0.1) is 0 Å². The Morgan fingerprint density at radius 2 is 1.57 bits per heavy atom. The summed E-state index contributed by atoms with van der Waals surface area (Å²) in [6, 6.07) is 7.02. The third-order valence-electron chi connectivity index (χ3n) is 5.41. The molecule has 0 unspecified atom stereocenters. The second kappa shape index (κ2) is 5.38. The molecule has 0 bridgehead atoms. The standard InChI is InChI=1S/C16H26N2O2S/c1-15(2)14(16(15,3)4)11-18-21(19,20)13-8-6-12(7-9-13)10-17-5/h6-9,14,17-18H,10-11H2,1-5H3. The first-order valence-electron chi connectivity index (χ1n) is 7.36. The van der Waals surface area contributed by atoms with Crippen LogP contribution in [0, 0.1) is 16.7 Å². The van der Waals surface area contributed by atoms with Gasteiger partial charge in [0.15, 0.2) is 0 Å². The highest BCUT2D eigenvalue weighted by molar-refractivity contribution is 7.89. The summed E-state index contributed by atoms with van der Waals surface area (Å²) in [6.45, 7) is 10.0. The molecule has 2 N–H and O–H groups in total. The van der Waals surface area contributed by atoms with E-state index >= 15 is 0 Å². The summed E-state index contributed by atoms with van der Waals surface area (Å²) < 4.78 is 27.4. The molecule has 0 heterocycles. The molecule has 0 aliphatic heterocycles. The van der Waals surface area contributed by atoms with Gasteiger partial charge >= 0.3 is 0 Å². The summed E-state index contributed by atoms with van der Waals surface area (Å²) >= 11 is 0.